The minimum atomic E-state index is -0.264. The number of nitrogens with zero attached hydrogens (tertiary/aromatic N) is 3. The summed E-state index contributed by atoms with van der Waals surface area (Å²) in [7, 11) is 1.51. The second-order valence-electron chi connectivity index (χ2n) is 6.12. The quantitative estimate of drug-likeness (QED) is 0.899. The fourth-order valence-corrected chi connectivity index (χ4v) is 2.90. The summed E-state index contributed by atoms with van der Waals surface area (Å²) in [5.74, 6) is 0.295. The molecule has 1 aliphatic rings. The van der Waals surface area contributed by atoms with E-state index in [0.717, 1.165) is 12.8 Å². The first-order chi connectivity index (χ1) is 12.1. The molecule has 0 spiro atoms. The second kappa shape index (κ2) is 7.46. The fourth-order valence-electron chi connectivity index (χ4n) is 2.90. The number of anilines is 1. The van der Waals surface area contributed by atoms with Crippen molar-refractivity contribution in [2.24, 2.45) is 0 Å². The lowest BCUT2D eigenvalue weighted by Gasteiger charge is -2.13. The molecule has 0 bridgehead atoms. The first-order valence-corrected chi connectivity index (χ1v) is 8.40. The van der Waals surface area contributed by atoms with Gasteiger partial charge in [-0.05, 0) is 45.6 Å². The third-order valence-electron chi connectivity index (χ3n) is 4.26. The molecule has 1 aliphatic carbocycles. The fraction of sp³-hybridized carbons (Fsp3) is 0.444. The second-order valence-corrected chi connectivity index (χ2v) is 6.12. The lowest BCUT2D eigenvalue weighted by molar-refractivity contribution is 0.102. The third-order valence-corrected chi connectivity index (χ3v) is 4.26. The first-order valence-electron chi connectivity index (χ1n) is 8.40. The SMILES string of the molecule is COc1nc(C)c(NC(=O)c2ccc(OC3CCCC3)nc2)c(C)n1. The van der Waals surface area contributed by atoms with E-state index in [4.69, 9.17) is 9.47 Å². The highest BCUT2D eigenvalue weighted by Gasteiger charge is 2.18. The van der Waals surface area contributed by atoms with Crippen molar-refractivity contribution in [2.45, 2.75) is 45.6 Å². The number of aryl methyl sites for hydroxylation is 2. The van der Waals surface area contributed by atoms with E-state index in [2.05, 4.69) is 20.3 Å². The van der Waals surface area contributed by atoms with Crippen LogP contribution in [-0.4, -0.2) is 34.1 Å². The number of rotatable bonds is 5. The van der Waals surface area contributed by atoms with Crippen molar-refractivity contribution < 1.29 is 14.3 Å². The van der Waals surface area contributed by atoms with Crippen LogP contribution in [-0.2, 0) is 0 Å². The van der Waals surface area contributed by atoms with Crippen LogP contribution >= 0.6 is 0 Å². The highest BCUT2D eigenvalue weighted by atomic mass is 16.5. The Hall–Kier alpha value is -2.70. The van der Waals surface area contributed by atoms with Crippen LogP contribution in [0, 0.1) is 13.8 Å². The van der Waals surface area contributed by atoms with E-state index in [9.17, 15) is 4.79 Å². The average molecular weight is 342 g/mol. The summed E-state index contributed by atoms with van der Waals surface area (Å²) in [6.07, 6.45) is 6.31. The highest BCUT2D eigenvalue weighted by Crippen LogP contribution is 2.23. The molecule has 0 unspecified atom stereocenters. The average Bonchev–Trinajstić information content (AvgIpc) is 3.11. The van der Waals surface area contributed by atoms with Gasteiger partial charge in [0.25, 0.3) is 5.91 Å². The molecule has 1 amide bonds. The first kappa shape index (κ1) is 17.1. The van der Waals surface area contributed by atoms with Gasteiger partial charge in [-0.25, -0.2) is 4.98 Å². The summed E-state index contributed by atoms with van der Waals surface area (Å²) in [6, 6.07) is 3.72. The molecule has 0 atom stereocenters. The predicted molar refractivity (Wildman–Crippen MR) is 93.1 cm³/mol. The monoisotopic (exact) mass is 342 g/mol. The maximum atomic E-state index is 12.5. The van der Waals surface area contributed by atoms with E-state index < -0.39 is 0 Å². The number of hydrogen-bond acceptors (Lipinski definition) is 6. The van der Waals surface area contributed by atoms with Gasteiger partial charge < -0.3 is 14.8 Å². The lowest BCUT2D eigenvalue weighted by atomic mass is 10.2. The summed E-state index contributed by atoms with van der Waals surface area (Å²) in [4.78, 5) is 25.1. The molecule has 3 rings (SSSR count). The van der Waals surface area contributed by atoms with Crippen LogP contribution in [0.1, 0.15) is 47.4 Å². The number of aromatic nitrogens is 3. The van der Waals surface area contributed by atoms with Gasteiger partial charge >= 0.3 is 6.01 Å². The zero-order valence-corrected chi connectivity index (χ0v) is 14.7. The summed E-state index contributed by atoms with van der Waals surface area (Å²) in [5, 5.41) is 2.84. The van der Waals surface area contributed by atoms with E-state index in [-0.39, 0.29) is 18.0 Å². The number of methoxy groups -OCH3 is 1. The van der Waals surface area contributed by atoms with Crippen LogP contribution < -0.4 is 14.8 Å². The van der Waals surface area contributed by atoms with Gasteiger partial charge in [-0.3, -0.25) is 4.79 Å². The summed E-state index contributed by atoms with van der Waals surface area (Å²) >= 11 is 0. The molecule has 1 fully saturated rings. The molecule has 132 valence electrons. The van der Waals surface area contributed by atoms with Crippen molar-refractivity contribution in [1.82, 2.24) is 15.0 Å². The van der Waals surface area contributed by atoms with Crippen LogP contribution in [0.4, 0.5) is 5.69 Å². The number of hydrogen-bond donors (Lipinski definition) is 1. The van der Waals surface area contributed by atoms with E-state index in [1.54, 1.807) is 26.0 Å². The Balaban J connectivity index is 1.69. The van der Waals surface area contributed by atoms with Crippen molar-refractivity contribution in [1.29, 1.82) is 0 Å². The lowest BCUT2D eigenvalue weighted by Crippen LogP contribution is -2.16. The van der Waals surface area contributed by atoms with Gasteiger partial charge in [-0.15, -0.1) is 0 Å². The minimum Gasteiger partial charge on any atom is -0.474 e. The Morgan fingerprint density at radius 1 is 1.16 bits per heavy atom. The van der Waals surface area contributed by atoms with Crippen molar-refractivity contribution in [3.63, 3.8) is 0 Å². The van der Waals surface area contributed by atoms with Gasteiger partial charge in [0, 0.05) is 12.3 Å². The van der Waals surface area contributed by atoms with E-state index in [1.165, 1.54) is 26.1 Å². The van der Waals surface area contributed by atoms with Crippen LogP contribution in [0.15, 0.2) is 18.3 Å². The zero-order chi connectivity index (χ0) is 17.8. The molecular formula is C18H22N4O3. The van der Waals surface area contributed by atoms with Crippen molar-refractivity contribution in [3.05, 3.63) is 35.3 Å². The molecule has 2 heterocycles. The molecule has 7 heteroatoms. The molecule has 7 nitrogen and oxygen atoms in total. The van der Waals surface area contributed by atoms with Crippen LogP contribution in [0.5, 0.6) is 11.9 Å². The van der Waals surface area contributed by atoms with E-state index in [0.29, 0.717) is 28.5 Å². The van der Waals surface area contributed by atoms with Crippen molar-refractivity contribution in [3.8, 4) is 11.9 Å². The Labute approximate surface area is 146 Å². The van der Waals surface area contributed by atoms with Gasteiger partial charge in [-0.1, -0.05) is 0 Å². The van der Waals surface area contributed by atoms with Gasteiger partial charge in [0.05, 0.1) is 29.7 Å². The third kappa shape index (κ3) is 4.04. The topological polar surface area (TPSA) is 86.2 Å². The largest absolute Gasteiger partial charge is 0.474 e. The predicted octanol–water partition coefficient (Wildman–Crippen LogP) is 3.07. The maximum absolute atomic E-state index is 12.5. The summed E-state index contributed by atoms with van der Waals surface area (Å²) < 4.78 is 10.8. The number of ether oxygens (including phenoxy) is 2. The van der Waals surface area contributed by atoms with Gasteiger partial charge in [0.15, 0.2) is 0 Å². The Bertz CT molecular complexity index is 732. The Morgan fingerprint density at radius 2 is 1.84 bits per heavy atom. The molecule has 0 radical (unpaired) electrons. The number of pyridine rings is 1. The van der Waals surface area contributed by atoms with Gasteiger partial charge in [0.1, 0.15) is 6.10 Å². The van der Waals surface area contributed by atoms with Crippen LogP contribution in [0.25, 0.3) is 0 Å². The maximum Gasteiger partial charge on any atom is 0.316 e. The molecule has 0 aliphatic heterocycles. The molecular weight excluding hydrogens is 320 g/mol. The molecule has 2 aromatic rings. The van der Waals surface area contributed by atoms with Crippen molar-refractivity contribution >= 4 is 11.6 Å². The molecule has 1 saturated carbocycles. The zero-order valence-electron chi connectivity index (χ0n) is 14.7. The number of nitrogens with one attached hydrogen (secondary N) is 1. The smallest absolute Gasteiger partial charge is 0.316 e. The highest BCUT2D eigenvalue weighted by molar-refractivity contribution is 6.04. The van der Waals surface area contributed by atoms with E-state index in [1.807, 2.05) is 0 Å². The summed E-state index contributed by atoms with van der Waals surface area (Å²) in [6.45, 7) is 3.59. The molecule has 25 heavy (non-hydrogen) atoms. The standard InChI is InChI=1S/C18H22N4O3/c1-11-16(12(2)21-18(20-11)24-3)22-17(23)13-8-9-15(19-10-13)25-14-6-4-5-7-14/h8-10,14H,4-7H2,1-3H3,(H,22,23). The number of carbonyl (C=O) groups excluding carboxylic acids is 1. The molecule has 0 saturated heterocycles. The molecule has 2 aromatic heterocycles. The molecule has 0 aromatic carbocycles. The normalized spacial score (nSPS) is 14.4. The Morgan fingerprint density at radius 3 is 2.40 bits per heavy atom. The number of carbonyl (C=O) groups is 1. The van der Waals surface area contributed by atoms with Crippen LogP contribution in [0.3, 0.4) is 0 Å². The van der Waals surface area contributed by atoms with Crippen LogP contribution in [0.2, 0.25) is 0 Å². The number of amides is 1. The summed E-state index contributed by atoms with van der Waals surface area (Å²) in [5.41, 5.74) is 2.32. The van der Waals surface area contributed by atoms with E-state index >= 15 is 0 Å². The Kier molecular flexibility index (Phi) is 5.11. The van der Waals surface area contributed by atoms with Gasteiger partial charge in [-0.2, -0.15) is 9.97 Å². The minimum absolute atomic E-state index is 0.244. The molecule has 1 N–H and O–H groups in total. The van der Waals surface area contributed by atoms with Crippen molar-refractivity contribution in [2.75, 3.05) is 12.4 Å². The van der Waals surface area contributed by atoms with Gasteiger partial charge in [0.2, 0.25) is 5.88 Å².